The number of aliphatic carboxylic acids is 1. The molecule has 0 saturated carbocycles. The number of carboxylic acid groups (broad SMARTS) is 1. The van der Waals surface area contributed by atoms with Crippen LogP contribution in [0, 0.1) is 0 Å². The maximum absolute atomic E-state index is 12.0. The molecule has 0 atom stereocenters. The summed E-state index contributed by atoms with van der Waals surface area (Å²) in [4.78, 5) is 25.4. The van der Waals surface area contributed by atoms with E-state index in [4.69, 9.17) is 9.84 Å². The first-order valence-corrected chi connectivity index (χ1v) is 7.17. The lowest BCUT2D eigenvalue weighted by molar-refractivity contribution is -0.136. The number of benzene rings is 1. The molecule has 0 saturated heterocycles. The van der Waals surface area contributed by atoms with E-state index >= 15 is 0 Å². The topological polar surface area (TPSA) is 79.4 Å². The summed E-state index contributed by atoms with van der Waals surface area (Å²) in [6.07, 6.45) is 0.245. The monoisotopic (exact) mass is 301 g/mol. The average Bonchev–Trinajstić information content (AvgIpc) is 2.45. The van der Waals surface area contributed by atoms with Gasteiger partial charge >= 0.3 is 5.97 Å². The zero-order valence-corrected chi connectivity index (χ0v) is 12.6. The minimum Gasteiger partial charge on any atom is -0.491 e. The lowest BCUT2D eigenvalue weighted by Crippen LogP contribution is -2.14. The molecule has 0 amide bonds. The summed E-state index contributed by atoms with van der Waals surface area (Å²) in [5.41, 5.74) is 1.74. The summed E-state index contributed by atoms with van der Waals surface area (Å²) in [7, 11) is 0. The molecule has 0 bridgehead atoms. The van der Waals surface area contributed by atoms with Gasteiger partial charge in [0, 0.05) is 23.2 Å². The van der Waals surface area contributed by atoms with Crippen LogP contribution in [0.15, 0.2) is 41.2 Å². The number of carboxylic acids is 1. The van der Waals surface area contributed by atoms with Crippen molar-refractivity contribution < 1.29 is 14.6 Å². The Bertz CT molecular complexity index is 719. The molecule has 116 valence electrons. The molecule has 5 heteroatoms. The zero-order chi connectivity index (χ0) is 16.1. The van der Waals surface area contributed by atoms with Crippen molar-refractivity contribution in [3.8, 4) is 17.0 Å². The van der Waals surface area contributed by atoms with Gasteiger partial charge in [-0.1, -0.05) is 18.2 Å². The summed E-state index contributed by atoms with van der Waals surface area (Å²) in [5.74, 6) is -0.176. The summed E-state index contributed by atoms with van der Waals surface area (Å²) < 4.78 is 5.64. The van der Waals surface area contributed by atoms with Crippen LogP contribution in [0.4, 0.5) is 0 Å². The molecule has 0 radical (unpaired) electrons. The van der Waals surface area contributed by atoms with Crippen LogP contribution in [0.5, 0.6) is 5.75 Å². The van der Waals surface area contributed by atoms with Crippen molar-refractivity contribution in [1.82, 2.24) is 4.98 Å². The van der Waals surface area contributed by atoms with Crippen LogP contribution < -0.4 is 10.3 Å². The molecular weight excluding hydrogens is 282 g/mol. The highest BCUT2D eigenvalue weighted by atomic mass is 16.5. The fourth-order valence-electron chi connectivity index (χ4n) is 2.12. The summed E-state index contributed by atoms with van der Waals surface area (Å²) in [6, 6.07) is 10.9. The lowest BCUT2D eigenvalue weighted by Gasteiger charge is -2.11. The van der Waals surface area contributed by atoms with Crippen molar-refractivity contribution in [2.75, 3.05) is 0 Å². The molecule has 0 fully saturated rings. The molecule has 2 rings (SSSR count). The average molecular weight is 301 g/mol. The number of carbonyl (C=O) groups is 1. The molecule has 0 aliphatic carbocycles. The molecule has 0 spiro atoms. The second kappa shape index (κ2) is 6.93. The number of aromatic amines is 1. The van der Waals surface area contributed by atoms with E-state index < -0.39 is 5.97 Å². The Balaban J connectivity index is 2.24. The van der Waals surface area contributed by atoms with Crippen molar-refractivity contribution in [3.63, 3.8) is 0 Å². The molecule has 2 aromatic rings. The molecule has 5 nitrogen and oxygen atoms in total. The van der Waals surface area contributed by atoms with E-state index in [1.54, 1.807) is 12.1 Å². The number of aryl methyl sites for hydroxylation is 1. The zero-order valence-electron chi connectivity index (χ0n) is 12.6. The van der Waals surface area contributed by atoms with Crippen molar-refractivity contribution >= 4 is 5.97 Å². The van der Waals surface area contributed by atoms with Gasteiger partial charge in [-0.3, -0.25) is 9.59 Å². The molecule has 22 heavy (non-hydrogen) atoms. The van der Waals surface area contributed by atoms with E-state index in [0.29, 0.717) is 11.3 Å². The first kappa shape index (κ1) is 15.8. The van der Waals surface area contributed by atoms with Crippen molar-refractivity contribution in [1.29, 1.82) is 0 Å². The number of aromatic nitrogens is 1. The fraction of sp³-hybridized carbons (Fsp3) is 0.294. The van der Waals surface area contributed by atoms with Gasteiger partial charge in [0.15, 0.2) is 0 Å². The third-order valence-electron chi connectivity index (χ3n) is 3.12. The Morgan fingerprint density at radius 3 is 2.68 bits per heavy atom. The second-order valence-corrected chi connectivity index (χ2v) is 5.31. The molecule has 1 aromatic heterocycles. The molecule has 1 heterocycles. The Hall–Kier alpha value is -2.56. The highest BCUT2D eigenvalue weighted by Crippen LogP contribution is 2.22. The number of nitrogens with one attached hydrogen (secondary N) is 1. The van der Waals surface area contributed by atoms with Crippen LogP contribution in [0.1, 0.15) is 25.8 Å². The van der Waals surface area contributed by atoms with E-state index in [2.05, 4.69) is 4.98 Å². The Labute approximate surface area is 128 Å². The minimum atomic E-state index is -0.915. The van der Waals surface area contributed by atoms with Gasteiger partial charge in [-0.2, -0.15) is 0 Å². The lowest BCUT2D eigenvalue weighted by atomic mass is 10.1. The second-order valence-electron chi connectivity index (χ2n) is 5.31. The number of ether oxygens (including phenoxy) is 1. The van der Waals surface area contributed by atoms with Gasteiger partial charge in [-0.05, 0) is 38.5 Å². The van der Waals surface area contributed by atoms with Gasteiger partial charge in [0.05, 0.1) is 6.10 Å². The predicted octanol–water partition coefficient (Wildman–Crippen LogP) is 2.85. The molecule has 1 aromatic carbocycles. The number of hydrogen-bond donors (Lipinski definition) is 2. The van der Waals surface area contributed by atoms with Gasteiger partial charge < -0.3 is 14.8 Å². The number of pyridine rings is 1. The largest absolute Gasteiger partial charge is 0.491 e. The van der Waals surface area contributed by atoms with Crippen molar-refractivity contribution in [2.24, 2.45) is 0 Å². The summed E-state index contributed by atoms with van der Waals surface area (Å²) in [5, 5.41) is 8.67. The molecule has 2 N–H and O–H groups in total. The first-order chi connectivity index (χ1) is 10.5. The number of H-pyrrole nitrogens is 1. The third-order valence-corrected chi connectivity index (χ3v) is 3.12. The third kappa shape index (κ3) is 4.22. The van der Waals surface area contributed by atoms with E-state index in [9.17, 15) is 9.59 Å². The van der Waals surface area contributed by atoms with Gasteiger partial charge in [0.1, 0.15) is 5.75 Å². The van der Waals surface area contributed by atoms with Crippen molar-refractivity contribution in [2.45, 2.75) is 32.8 Å². The Kier molecular flexibility index (Phi) is 4.99. The van der Waals surface area contributed by atoms with Crippen molar-refractivity contribution in [3.05, 3.63) is 52.3 Å². The minimum absolute atomic E-state index is 0.0554. The smallest absolute Gasteiger partial charge is 0.303 e. The van der Waals surface area contributed by atoms with Gasteiger partial charge in [-0.15, -0.1) is 0 Å². The first-order valence-electron chi connectivity index (χ1n) is 7.17. The van der Waals surface area contributed by atoms with Crippen LogP contribution in [-0.2, 0) is 11.2 Å². The normalized spacial score (nSPS) is 10.7. The standard InChI is InChI=1S/C17H19NO4/c1-11(2)22-14-5-3-4-13(10-14)15-8-6-12(17(21)18-15)7-9-16(19)20/h3-6,8,10-11H,7,9H2,1-2H3,(H,18,21)(H,19,20). The summed E-state index contributed by atoms with van der Waals surface area (Å²) in [6.45, 7) is 3.90. The predicted molar refractivity (Wildman–Crippen MR) is 84.2 cm³/mol. The SMILES string of the molecule is CC(C)Oc1cccc(-c2ccc(CCC(=O)O)c(=O)[nH]2)c1. The van der Waals surface area contributed by atoms with Gasteiger partial charge in [0.2, 0.25) is 0 Å². The van der Waals surface area contributed by atoms with E-state index in [0.717, 1.165) is 11.3 Å². The number of hydrogen-bond acceptors (Lipinski definition) is 3. The highest BCUT2D eigenvalue weighted by molar-refractivity contribution is 5.67. The quantitative estimate of drug-likeness (QED) is 0.860. The van der Waals surface area contributed by atoms with E-state index in [1.165, 1.54) is 0 Å². The fourth-order valence-corrected chi connectivity index (χ4v) is 2.12. The van der Waals surface area contributed by atoms with Crippen LogP contribution in [0.25, 0.3) is 11.3 Å². The Morgan fingerprint density at radius 1 is 1.27 bits per heavy atom. The van der Waals surface area contributed by atoms with Crippen LogP contribution >= 0.6 is 0 Å². The van der Waals surface area contributed by atoms with Crippen LogP contribution in [0.2, 0.25) is 0 Å². The molecule has 0 aliphatic heterocycles. The maximum atomic E-state index is 12.0. The molecule has 0 unspecified atom stereocenters. The van der Waals surface area contributed by atoms with E-state index in [1.807, 2.05) is 38.1 Å². The molecular formula is C17H19NO4. The summed E-state index contributed by atoms with van der Waals surface area (Å²) >= 11 is 0. The van der Waals surface area contributed by atoms with E-state index in [-0.39, 0.29) is 24.5 Å². The number of rotatable bonds is 6. The van der Waals surface area contributed by atoms with Gasteiger partial charge in [-0.25, -0.2) is 0 Å². The van der Waals surface area contributed by atoms with Crippen LogP contribution in [-0.4, -0.2) is 22.2 Å². The molecule has 0 aliphatic rings. The Morgan fingerprint density at radius 2 is 2.05 bits per heavy atom. The van der Waals surface area contributed by atoms with Crippen LogP contribution in [0.3, 0.4) is 0 Å². The maximum Gasteiger partial charge on any atom is 0.303 e. The van der Waals surface area contributed by atoms with Gasteiger partial charge in [0.25, 0.3) is 5.56 Å². The highest BCUT2D eigenvalue weighted by Gasteiger charge is 2.07.